The molecular formula is C16H20Cl3NO2S. The first kappa shape index (κ1) is 17.8. The molecule has 0 unspecified atom stereocenters. The van der Waals surface area contributed by atoms with E-state index in [1.165, 1.54) is 12.1 Å². The van der Waals surface area contributed by atoms with Crippen molar-refractivity contribution in [2.75, 3.05) is 0 Å². The summed E-state index contributed by atoms with van der Waals surface area (Å²) in [5.74, 6) is 0.546. The molecule has 3 atom stereocenters. The molecule has 23 heavy (non-hydrogen) atoms. The zero-order valence-electron chi connectivity index (χ0n) is 13.3. The van der Waals surface area contributed by atoms with Crippen molar-refractivity contribution in [3.63, 3.8) is 0 Å². The topological polar surface area (TPSA) is 46.2 Å². The van der Waals surface area contributed by atoms with Gasteiger partial charge in [0.15, 0.2) is 0 Å². The van der Waals surface area contributed by atoms with Crippen molar-refractivity contribution < 1.29 is 8.42 Å². The number of rotatable bonds is 3. The molecule has 128 valence electrons. The van der Waals surface area contributed by atoms with Crippen LogP contribution >= 0.6 is 34.8 Å². The fraction of sp³-hybridized carbons (Fsp3) is 0.625. The van der Waals surface area contributed by atoms with Crippen LogP contribution in [0.1, 0.15) is 40.0 Å². The smallest absolute Gasteiger partial charge is 0.207 e. The second kappa shape index (κ2) is 5.50. The zero-order chi connectivity index (χ0) is 17.2. The highest BCUT2D eigenvalue weighted by atomic mass is 35.5. The van der Waals surface area contributed by atoms with Gasteiger partial charge in [0.25, 0.3) is 0 Å². The van der Waals surface area contributed by atoms with E-state index in [4.69, 9.17) is 34.8 Å². The van der Waals surface area contributed by atoms with E-state index in [0.29, 0.717) is 5.92 Å². The van der Waals surface area contributed by atoms with Crippen LogP contribution in [-0.2, 0) is 10.0 Å². The van der Waals surface area contributed by atoms with Crippen molar-refractivity contribution in [1.82, 2.24) is 4.72 Å². The predicted molar refractivity (Wildman–Crippen MR) is 94.8 cm³/mol. The van der Waals surface area contributed by atoms with E-state index in [1.54, 1.807) is 0 Å². The summed E-state index contributed by atoms with van der Waals surface area (Å²) in [6, 6.07) is 2.56. The SMILES string of the molecule is CC1(C)[C@@H]2CC[C@@](C)(C2)[C@@H]1NS(=O)(=O)c1cc(Cl)c(Cl)cc1Cl. The van der Waals surface area contributed by atoms with Gasteiger partial charge in [0.1, 0.15) is 4.90 Å². The average Bonchev–Trinajstić information content (AvgIpc) is 2.90. The summed E-state index contributed by atoms with van der Waals surface area (Å²) in [6.45, 7) is 6.46. The molecule has 2 bridgehead atoms. The first-order valence-corrected chi connectivity index (χ1v) is 10.3. The molecule has 0 aromatic heterocycles. The van der Waals surface area contributed by atoms with Crippen LogP contribution in [0.4, 0.5) is 0 Å². The maximum atomic E-state index is 12.9. The van der Waals surface area contributed by atoms with Gasteiger partial charge in [-0.05, 0) is 48.1 Å². The molecule has 0 spiro atoms. The van der Waals surface area contributed by atoms with Crippen molar-refractivity contribution in [2.24, 2.45) is 16.7 Å². The van der Waals surface area contributed by atoms with Crippen molar-refractivity contribution in [3.8, 4) is 0 Å². The van der Waals surface area contributed by atoms with Gasteiger partial charge in [-0.1, -0.05) is 55.6 Å². The highest BCUT2D eigenvalue weighted by Gasteiger charge is 2.60. The minimum absolute atomic E-state index is 0.00999. The summed E-state index contributed by atoms with van der Waals surface area (Å²) in [5, 5.41) is 0.496. The molecule has 1 aromatic rings. The van der Waals surface area contributed by atoms with Gasteiger partial charge in [-0.25, -0.2) is 13.1 Å². The summed E-state index contributed by atoms with van der Waals surface area (Å²) in [7, 11) is -3.77. The molecule has 1 N–H and O–H groups in total. The lowest BCUT2D eigenvalue weighted by Gasteiger charge is -2.42. The molecule has 0 radical (unpaired) electrons. The van der Waals surface area contributed by atoms with E-state index in [0.717, 1.165) is 19.3 Å². The lowest BCUT2D eigenvalue weighted by Crippen LogP contribution is -2.52. The molecule has 2 aliphatic carbocycles. The van der Waals surface area contributed by atoms with E-state index in [1.807, 2.05) is 0 Å². The summed E-state index contributed by atoms with van der Waals surface area (Å²) >= 11 is 18.0. The Balaban J connectivity index is 1.98. The van der Waals surface area contributed by atoms with Gasteiger partial charge >= 0.3 is 0 Å². The van der Waals surface area contributed by atoms with Gasteiger partial charge in [0, 0.05) is 6.04 Å². The van der Waals surface area contributed by atoms with Crippen LogP contribution in [0, 0.1) is 16.7 Å². The standard InChI is InChI=1S/C16H20Cl3NO2S/c1-15(2)9-4-5-16(3,8-9)14(15)20-23(21,22)13-7-11(18)10(17)6-12(13)19/h6-7,9,14,20H,4-5,8H2,1-3H3/t9-,14-,16+/m1/s1. The van der Waals surface area contributed by atoms with Crippen molar-refractivity contribution in [1.29, 1.82) is 0 Å². The highest BCUT2D eigenvalue weighted by Crippen LogP contribution is 2.62. The quantitative estimate of drug-likeness (QED) is 0.719. The third-order valence-electron chi connectivity index (χ3n) is 5.81. The highest BCUT2D eigenvalue weighted by molar-refractivity contribution is 7.89. The molecule has 2 fully saturated rings. The molecule has 0 saturated heterocycles. The molecule has 3 rings (SSSR count). The number of hydrogen-bond acceptors (Lipinski definition) is 2. The zero-order valence-corrected chi connectivity index (χ0v) is 16.4. The number of hydrogen-bond donors (Lipinski definition) is 1. The van der Waals surface area contributed by atoms with Gasteiger partial charge < -0.3 is 0 Å². The Morgan fingerprint density at radius 1 is 1.09 bits per heavy atom. The lowest BCUT2D eigenvalue weighted by molar-refractivity contribution is 0.127. The van der Waals surface area contributed by atoms with Crippen LogP contribution in [0.15, 0.2) is 17.0 Å². The molecule has 2 saturated carbocycles. The molecule has 0 amide bonds. The third-order valence-corrected chi connectivity index (χ3v) is 8.42. The lowest BCUT2D eigenvalue weighted by atomic mass is 9.69. The van der Waals surface area contributed by atoms with Crippen LogP contribution in [0.5, 0.6) is 0 Å². The number of fused-ring (bicyclic) bond motifs is 2. The van der Waals surface area contributed by atoms with Crippen LogP contribution in [0.3, 0.4) is 0 Å². The second-order valence-corrected chi connectivity index (χ2v) is 10.6. The largest absolute Gasteiger partial charge is 0.242 e. The van der Waals surface area contributed by atoms with Crippen LogP contribution < -0.4 is 4.72 Å². The predicted octanol–water partition coefficient (Wildman–Crippen LogP) is 5.14. The minimum atomic E-state index is -3.77. The third kappa shape index (κ3) is 2.81. The summed E-state index contributed by atoms with van der Waals surface area (Å²) in [5.41, 5.74) is -0.0906. The van der Waals surface area contributed by atoms with E-state index in [9.17, 15) is 8.42 Å². The van der Waals surface area contributed by atoms with E-state index in [-0.39, 0.29) is 36.8 Å². The number of halogens is 3. The average molecular weight is 397 g/mol. The molecule has 0 heterocycles. The molecule has 0 aliphatic heterocycles. The molecule has 1 aromatic carbocycles. The summed E-state index contributed by atoms with van der Waals surface area (Å²) < 4.78 is 28.7. The molecule has 2 aliphatic rings. The number of benzene rings is 1. The number of nitrogens with one attached hydrogen (secondary N) is 1. The van der Waals surface area contributed by atoms with Crippen molar-refractivity contribution in [2.45, 2.75) is 51.0 Å². The molecular weight excluding hydrogens is 377 g/mol. The normalized spacial score (nSPS) is 32.4. The van der Waals surface area contributed by atoms with Crippen molar-refractivity contribution in [3.05, 3.63) is 27.2 Å². The van der Waals surface area contributed by atoms with Crippen LogP contribution in [-0.4, -0.2) is 14.5 Å². The van der Waals surface area contributed by atoms with Crippen LogP contribution in [0.2, 0.25) is 15.1 Å². The van der Waals surface area contributed by atoms with Crippen LogP contribution in [0.25, 0.3) is 0 Å². The van der Waals surface area contributed by atoms with Gasteiger partial charge in [0.2, 0.25) is 10.0 Å². The molecule has 7 heteroatoms. The van der Waals surface area contributed by atoms with E-state index in [2.05, 4.69) is 25.5 Å². The monoisotopic (exact) mass is 395 g/mol. The fourth-order valence-corrected chi connectivity index (χ4v) is 7.06. The maximum Gasteiger partial charge on any atom is 0.242 e. The Kier molecular flexibility index (Phi) is 4.26. The summed E-state index contributed by atoms with van der Waals surface area (Å²) in [4.78, 5) is -0.0178. The van der Waals surface area contributed by atoms with Gasteiger partial charge in [-0.15, -0.1) is 0 Å². The Labute approximate surface area is 152 Å². The molecule has 3 nitrogen and oxygen atoms in total. The minimum Gasteiger partial charge on any atom is -0.207 e. The number of sulfonamides is 1. The Bertz CT molecular complexity index is 758. The van der Waals surface area contributed by atoms with Gasteiger partial charge in [-0.2, -0.15) is 0 Å². The fourth-order valence-electron chi connectivity index (χ4n) is 4.53. The first-order chi connectivity index (χ1) is 10.5. The Morgan fingerprint density at radius 2 is 1.70 bits per heavy atom. The Morgan fingerprint density at radius 3 is 2.26 bits per heavy atom. The van der Waals surface area contributed by atoms with Crippen molar-refractivity contribution >= 4 is 44.8 Å². The van der Waals surface area contributed by atoms with Gasteiger partial charge in [-0.3, -0.25) is 0 Å². The maximum absolute atomic E-state index is 12.9. The van der Waals surface area contributed by atoms with Gasteiger partial charge in [0.05, 0.1) is 15.1 Å². The second-order valence-electron chi connectivity index (χ2n) is 7.67. The summed E-state index contributed by atoms with van der Waals surface area (Å²) in [6.07, 6.45) is 3.26. The first-order valence-electron chi connectivity index (χ1n) is 7.64. The van der Waals surface area contributed by atoms with E-state index >= 15 is 0 Å². The van der Waals surface area contributed by atoms with E-state index < -0.39 is 10.0 Å². The Hall–Kier alpha value is -0.000000000000000111.